The van der Waals surface area contributed by atoms with Gasteiger partial charge in [0.2, 0.25) is 0 Å². The van der Waals surface area contributed by atoms with Gasteiger partial charge in [0.05, 0.1) is 8.23 Å². The van der Waals surface area contributed by atoms with E-state index in [0.29, 0.717) is 0 Å². The van der Waals surface area contributed by atoms with Gasteiger partial charge in [-0.2, -0.15) is 0 Å². The van der Waals surface area contributed by atoms with Crippen LogP contribution in [0.2, 0.25) is 0 Å². The predicted molar refractivity (Wildman–Crippen MR) is 45.5 cm³/mol. The zero-order valence-electron chi connectivity index (χ0n) is 6.39. The summed E-state index contributed by atoms with van der Waals surface area (Å²) in [4.78, 5) is 0. The first kappa shape index (κ1) is 12.3. The molecule has 0 unspecified atom stereocenters. The minimum atomic E-state index is -1.20. The highest BCUT2D eigenvalue weighted by Gasteiger charge is 2.14. The van der Waals surface area contributed by atoms with Gasteiger partial charge in [-0.1, -0.05) is 27.7 Å². The summed E-state index contributed by atoms with van der Waals surface area (Å²) in [5, 5.41) is 0. The van der Waals surface area contributed by atoms with Crippen LogP contribution in [0.1, 0.15) is 27.7 Å². The maximum absolute atomic E-state index is 12.7. The lowest BCUT2D eigenvalue weighted by Crippen LogP contribution is -1.97. The van der Waals surface area contributed by atoms with Crippen molar-refractivity contribution in [2.24, 2.45) is 0 Å². The van der Waals surface area contributed by atoms with Gasteiger partial charge in [-0.05, 0) is 0 Å². The molecule has 0 saturated heterocycles. The number of hydrogen-bond donors (Lipinski definition) is 0. The fraction of sp³-hybridized carbons (Fsp3) is 1.00. The fourth-order valence-corrected chi connectivity index (χ4v) is 1.79. The number of halogens is 2. The van der Waals surface area contributed by atoms with Gasteiger partial charge >= 0.3 is 0 Å². The van der Waals surface area contributed by atoms with Crippen molar-refractivity contribution in [1.82, 2.24) is 0 Å². The summed E-state index contributed by atoms with van der Waals surface area (Å²) in [6.07, 6.45) is 0. The van der Waals surface area contributed by atoms with E-state index in [1.807, 2.05) is 27.7 Å². The molecule has 0 fully saturated rings. The topological polar surface area (TPSA) is 0 Å². The predicted octanol–water partition coefficient (Wildman–Crippen LogP) is 3.59. The maximum Gasteiger partial charge on any atom is 0.0865 e. The Bertz CT molecular complexity index is 58.1. The molecule has 0 saturated carbocycles. The molecule has 0 heterocycles. The van der Waals surface area contributed by atoms with Crippen LogP contribution in [0.25, 0.3) is 0 Å². The van der Waals surface area contributed by atoms with Crippen LogP contribution in [-0.2, 0) is 0 Å². The number of hydrogen-bond acceptors (Lipinski definition) is 0. The molecule has 0 radical (unpaired) electrons. The second-order valence-corrected chi connectivity index (χ2v) is 5.29. The van der Waals surface area contributed by atoms with Crippen LogP contribution in [0.5, 0.6) is 0 Å². The summed E-state index contributed by atoms with van der Waals surface area (Å²) >= 11 is 0. The zero-order valence-corrected chi connectivity index (χ0v) is 8.10. The summed E-state index contributed by atoms with van der Waals surface area (Å²) in [7, 11) is -1.20. The zero-order chi connectivity index (χ0) is 6.73. The molecule has 3 heteroatoms. The van der Waals surface area contributed by atoms with Crippen molar-refractivity contribution in [2.45, 2.75) is 39.0 Å². The van der Waals surface area contributed by atoms with Gasteiger partial charge in [-0.15, -0.1) is 12.4 Å². The molecule has 0 atom stereocenters. The van der Waals surface area contributed by atoms with E-state index in [1.165, 1.54) is 0 Å². The van der Waals surface area contributed by atoms with Crippen LogP contribution in [0.3, 0.4) is 0 Å². The van der Waals surface area contributed by atoms with E-state index in [2.05, 4.69) is 0 Å². The highest BCUT2D eigenvalue weighted by atomic mass is 35.5. The quantitative estimate of drug-likeness (QED) is 0.559. The molecule has 0 aliphatic heterocycles. The Morgan fingerprint density at radius 3 is 1.22 bits per heavy atom. The highest BCUT2D eigenvalue weighted by molar-refractivity contribution is 7.53. The van der Waals surface area contributed by atoms with E-state index >= 15 is 0 Å². The Balaban J connectivity index is 0. The first-order chi connectivity index (χ1) is 3.55. The largest absolute Gasteiger partial charge is 0.227 e. The normalized spacial score (nSPS) is 10.7. The molecular weight excluding hydrogens is 157 g/mol. The van der Waals surface area contributed by atoms with E-state index in [4.69, 9.17) is 0 Å². The first-order valence-electron chi connectivity index (χ1n) is 2.99. The molecule has 0 spiro atoms. The lowest BCUT2D eigenvalue weighted by atomic mass is 10.5. The van der Waals surface area contributed by atoms with Crippen molar-refractivity contribution >= 4 is 20.6 Å². The summed E-state index contributed by atoms with van der Waals surface area (Å²) in [5.74, 6) is 0. The average molecular weight is 173 g/mol. The third-order valence-electron chi connectivity index (χ3n) is 0.987. The van der Waals surface area contributed by atoms with E-state index < -0.39 is 8.23 Å². The van der Waals surface area contributed by atoms with E-state index in [0.717, 1.165) is 0 Å². The van der Waals surface area contributed by atoms with Crippen LogP contribution in [-0.4, -0.2) is 11.3 Å². The lowest BCUT2D eigenvalue weighted by Gasteiger charge is -2.13. The second kappa shape index (κ2) is 5.44. The van der Waals surface area contributed by atoms with Crippen LogP contribution in [0.4, 0.5) is 4.20 Å². The second-order valence-electron chi connectivity index (χ2n) is 2.53. The van der Waals surface area contributed by atoms with Gasteiger partial charge in [0.25, 0.3) is 0 Å². The fourth-order valence-electron chi connectivity index (χ4n) is 0.596. The van der Waals surface area contributed by atoms with Crippen molar-refractivity contribution in [3.8, 4) is 0 Å². The molecule has 0 aromatic rings. The summed E-state index contributed by atoms with van der Waals surface area (Å²) in [5.41, 5.74) is 0.481. The third kappa shape index (κ3) is 5.11. The van der Waals surface area contributed by atoms with Crippen molar-refractivity contribution in [3.63, 3.8) is 0 Å². The van der Waals surface area contributed by atoms with Crippen LogP contribution >= 0.6 is 20.6 Å². The molecule has 0 N–H and O–H groups in total. The Morgan fingerprint density at radius 1 is 1.00 bits per heavy atom. The standard InChI is InChI=1S/C6H14FP.ClH/c1-5(2)8(7)6(3)4;/h5-6H,1-4H3;1H. The smallest absolute Gasteiger partial charge is 0.0865 e. The van der Waals surface area contributed by atoms with Gasteiger partial charge in [-0.3, -0.25) is 0 Å². The Hall–Kier alpha value is 0.650. The Labute approximate surface area is 64.5 Å². The summed E-state index contributed by atoms with van der Waals surface area (Å²) in [6, 6.07) is 0. The van der Waals surface area contributed by atoms with Crippen molar-refractivity contribution in [2.75, 3.05) is 0 Å². The van der Waals surface area contributed by atoms with Crippen LogP contribution < -0.4 is 0 Å². The first-order valence-corrected chi connectivity index (χ1v) is 4.37. The molecule has 0 aromatic carbocycles. The third-order valence-corrected chi connectivity index (χ3v) is 2.96. The van der Waals surface area contributed by atoms with Crippen molar-refractivity contribution < 1.29 is 4.20 Å². The molecular formula is C6H15ClFP. The van der Waals surface area contributed by atoms with Gasteiger partial charge in [-0.25, -0.2) is 4.20 Å². The van der Waals surface area contributed by atoms with E-state index in [1.54, 1.807) is 0 Å². The monoisotopic (exact) mass is 172 g/mol. The molecule has 0 aliphatic carbocycles. The minimum absolute atomic E-state index is 0. The maximum atomic E-state index is 12.7. The summed E-state index contributed by atoms with van der Waals surface area (Å²) < 4.78 is 12.7. The molecule has 0 nitrogen and oxygen atoms in total. The minimum Gasteiger partial charge on any atom is -0.227 e. The van der Waals surface area contributed by atoms with E-state index in [9.17, 15) is 4.20 Å². The van der Waals surface area contributed by atoms with Crippen molar-refractivity contribution in [3.05, 3.63) is 0 Å². The van der Waals surface area contributed by atoms with Gasteiger partial charge in [0.1, 0.15) is 0 Å². The SMILES string of the molecule is CC(C)P(F)C(C)C.Cl. The molecule has 0 rings (SSSR count). The molecule has 9 heavy (non-hydrogen) atoms. The molecule has 0 aromatic heterocycles. The lowest BCUT2D eigenvalue weighted by molar-refractivity contribution is 0.813. The average Bonchev–Trinajstić information content (AvgIpc) is 1.64. The van der Waals surface area contributed by atoms with Gasteiger partial charge < -0.3 is 0 Å². The molecule has 0 bridgehead atoms. The van der Waals surface area contributed by atoms with Crippen LogP contribution in [0.15, 0.2) is 0 Å². The Kier molecular flexibility index (Phi) is 7.45. The van der Waals surface area contributed by atoms with Crippen LogP contribution in [0, 0.1) is 0 Å². The number of rotatable bonds is 2. The summed E-state index contributed by atoms with van der Waals surface area (Å²) in [6.45, 7) is 7.74. The van der Waals surface area contributed by atoms with Gasteiger partial charge in [0, 0.05) is 11.3 Å². The molecule has 0 aliphatic rings. The van der Waals surface area contributed by atoms with Gasteiger partial charge in [0.15, 0.2) is 0 Å². The molecule has 58 valence electrons. The van der Waals surface area contributed by atoms with Crippen molar-refractivity contribution in [1.29, 1.82) is 0 Å². The molecule has 0 amide bonds. The van der Waals surface area contributed by atoms with E-state index in [-0.39, 0.29) is 23.7 Å². The highest BCUT2D eigenvalue weighted by Crippen LogP contribution is 2.46. The Morgan fingerprint density at radius 2 is 1.22 bits per heavy atom.